The minimum absolute atomic E-state index is 0.0496. The minimum Gasteiger partial charge on any atom is -0.462 e. The summed E-state index contributed by atoms with van der Waals surface area (Å²) in [6.45, 7) is 3.31. The normalized spacial score (nSPS) is 10.3. The second-order valence-corrected chi connectivity index (χ2v) is 6.99. The Kier molecular flexibility index (Phi) is 8.13. The van der Waals surface area contributed by atoms with Crippen molar-refractivity contribution in [3.05, 3.63) is 92.0 Å². The first kappa shape index (κ1) is 25.6. The highest BCUT2D eigenvalue weighted by molar-refractivity contribution is 5.98. The molecule has 0 bridgehead atoms. The van der Waals surface area contributed by atoms with E-state index in [4.69, 9.17) is 18.9 Å². The SMILES string of the molecule is CCOC(=O)c1cc(Oc2ccc([N+](=O)[O-])cc2)c(C(=O)OCC)cc1Oc1ccc([N+](=O)[O-])cc1. The second kappa shape index (κ2) is 11.4. The summed E-state index contributed by atoms with van der Waals surface area (Å²) in [7, 11) is 0. The summed E-state index contributed by atoms with van der Waals surface area (Å²) in [4.78, 5) is 46.1. The van der Waals surface area contributed by atoms with Gasteiger partial charge in [-0.15, -0.1) is 0 Å². The van der Waals surface area contributed by atoms with Crippen LogP contribution in [0.25, 0.3) is 0 Å². The first-order chi connectivity index (χ1) is 17.2. The number of non-ortho nitro benzene ring substituents is 2. The molecular formula is C24H20N2O10. The van der Waals surface area contributed by atoms with Crippen molar-refractivity contribution in [1.82, 2.24) is 0 Å². The number of hydrogen-bond acceptors (Lipinski definition) is 10. The lowest BCUT2D eigenvalue weighted by atomic mass is 10.1. The molecule has 186 valence electrons. The number of nitro groups is 2. The lowest BCUT2D eigenvalue weighted by molar-refractivity contribution is -0.385. The van der Waals surface area contributed by atoms with Crippen molar-refractivity contribution < 1.29 is 38.4 Å². The molecule has 3 aromatic rings. The molecule has 0 spiro atoms. The Labute approximate surface area is 204 Å². The van der Waals surface area contributed by atoms with E-state index in [2.05, 4.69) is 0 Å². The van der Waals surface area contributed by atoms with Crippen molar-refractivity contribution >= 4 is 23.3 Å². The molecule has 0 aliphatic carbocycles. The summed E-state index contributed by atoms with van der Waals surface area (Å²) in [6, 6.07) is 12.7. The van der Waals surface area contributed by atoms with Gasteiger partial charge in [-0.3, -0.25) is 20.2 Å². The predicted molar refractivity (Wildman–Crippen MR) is 125 cm³/mol. The zero-order chi connectivity index (χ0) is 26.2. The predicted octanol–water partition coefficient (Wildman–Crippen LogP) is 5.44. The molecule has 3 rings (SSSR count). The Morgan fingerprint density at radius 2 is 1.00 bits per heavy atom. The van der Waals surface area contributed by atoms with Crippen LogP contribution in [0.2, 0.25) is 0 Å². The first-order valence-electron chi connectivity index (χ1n) is 10.6. The Bertz CT molecular complexity index is 1190. The molecule has 0 aliphatic heterocycles. The van der Waals surface area contributed by atoms with Crippen molar-refractivity contribution in [2.24, 2.45) is 0 Å². The van der Waals surface area contributed by atoms with Gasteiger partial charge in [-0.1, -0.05) is 0 Å². The van der Waals surface area contributed by atoms with E-state index in [9.17, 15) is 29.8 Å². The Morgan fingerprint density at radius 3 is 1.28 bits per heavy atom. The number of hydrogen-bond donors (Lipinski definition) is 0. The molecule has 0 saturated heterocycles. The average molecular weight is 496 g/mol. The summed E-state index contributed by atoms with van der Waals surface area (Å²) < 4.78 is 21.7. The van der Waals surface area contributed by atoms with Crippen molar-refractivity contribution in [3.63, 3.8) is 0 Å². The van der Waals surface area contributed by atoms with Crippen LogP contribution in [0.1, 0.15) is 34.6 Å². The number of nitro benzene ring substituents is 2. The number of carbonyl (C=O) groups is 2. The smallest absolute Gasteiger partial charge is 0.342 e. The third-order valence-corrected chi connectivity index (χ3v) is 4.62. The van der Waals surface area contributed by atoms with Crippen LogP contribution >= 0.6 is 0 Å². The van der Waals surface area contributed by atoms with Gasteiger partial charge in [0.2, 0.25) is 0 Å². The van der Waals surface area contributed by atoms with Gasteiger partial charge in [0.25, 0.3) is 11.4 Å². The van der Waals surface area contributed by atoms with Crippen molar-refractivity contribution in [2.75, 3.05) is 13.2 Å². The van der Waals surface area contributed by atoms with Gasteiger partial charge in [0.1, 0.15) is 34.1 Å². The average Bonchev–Trinajstić information content (AvgIpc) is 2.85. The fourth-order valence-corrected chi connectivity index (χ4v) is 2.99. The molecule has 36 heavy (non-hydrogen) atoms. The molecule has 0 aromatic heterocycles. The molecular weight excluding hydrogens is 476 g/mol. The topological polar surface area (TPSA) is 157 Å². The van der Waals surface area contributed by atoms with Crippen LogP contribution < -0.4 is 9.47 Å². The van der Waals surface area contributed by atoms with Gasteiger partial charge in [-0.05, 0) is 50.2 Å². The van der Waals surface area contributed by atoms with Crippen LogP contribution in [0.5, 0.6) is 23.0 Å². The molecule has 0 radical (unpaired) electrons. The molecule has 0 N–H and O–H groups in total. The van der Waals surface area contributed by atoms with Crippen LogP contribution in [-0.4, -0.2) is 35.0 Å². The van der Waals surface area contributed by atoms with Crippen molar-refractivity contribution in [1.29, 1.82) is 0 Å². The minimum atomic E-state index is -0.779. The molecule has 0 saturated carbocycles. The van der Waals surface area contributed by atoms with Crippen LogP contribution in [0.3, 0.4) is 0 Å². The number of nitrogens with zero attached hydrogens (tertiary/aromatic N) is 2. The van der Waals surface area contributed by atoms with Gasteiger partial charge in [0, 0.05) is 24.3 Å². The monoisotopic (exact) mass is 496 g/mol. The summed E-state index contributed by atoms with van der Waals surface area (Å²) in [5, 5.41) is 21.8. The van der Waals surface area contributed by atoms with Crippen molar-refractivity contribution in [2.45, 2.75) is 13.8 Å². The van der Waals surface area contributed by atoms with Gasteiger partial charge in [-0.25, -0.2) is 9.59 Å². The molecule has 0 heterocycles. The Hall–Kier alpha value is -5.00. The zero-order valence-corrected chi connectivity index (χ0v) is 19.2. The second-order valence-electron chi connectivity index (χ2n) is 6.99. The van der Waals surface area contributed by atoms with E-state index in [1.165, 1.54) is 60.7 Å². The maximum atomic E-state index is 12.7. The standard InChI is InChI=1S/C24H20N2O10/c1-3-33-23(27)19-13-22(36-18-11-7-16(8-12-18)26(31)32)20(24(28)34-4-2)14-21(19)35-17-9-5-15(6-10-17)25(29)30/h5-14H,3-4H2,1-2H3. The molecule has 0 atom stereocenters. The van der Waals surface area contributed by atoms with Gasteiger partial charge in [0.15, 0.2) is 0 Å². The number of benzene rings is 3. The highest BCUT2D eigenvalue weighted by Gasteiger charge is 2.24. The van der Waals surface area contributed by atoms with Crippen LogP contribution in [-0.2, 0) is 9.47 Å². The molecule has 0 amide bonds. The highest BCUT2D eigenvalue weighted by atomic mass is 16.6. The molecule has 12 heteroatoms. The fourth-order valence-electron chi connectivity index (χ4n) is 2.99. The van der Waals surface area contributed by atoms with E-state index < -0.39 is 21.8 Å². The Balaban J connectivity index is 2.08. The van der Waals surface area contributed by atoms with E-state index in [1.807, 2.05) is 0 Å². The van der Waals surface area contributed by atoms with E-state index in [0.29, 0.717) is 0 Å². The van der Waals surface area contributed by atoms with E-state index >= 15 is 0 Å². The zero-order valence-electron chi connectivity index (χ0n) is 19.2. The summed E-state index contributed by atoms with van der Waals surface area (Å²) in [6.07, 6.45) is 0. The van der Waals surface area contributed by atoms with E-state index in [1.54, 1.807) is 13.8 Å². The van der Waals surface area contributed by atoms with Gasteiger partial charge >= 0.3 is 11.9 Å². The molecule has 0 aliphatic rings. The van der Waals surface area contributed by atoms with Gasteiger partial charge < -0.3 is 18.9 Å². The summed E-state index contributed by atoms with van der Waals surface area (Å²) in [5.74, 6) is -1.41. The van der Waals surface area contributed by atoms with Gasteiger partial charge in [-0.2, -0.15) is 0 Å². The van der Waals surface area contributed by atoms with Gasteiger partial charge in [0.05, 0.1) is 23.1 Å². The molecule has 12 nitrogen and oxygen atoms in total. The van der Waals surface area contributed by atoms with Crippen molar-refractivity contribution in [3.8, 4) is 23.0 Å². The fraction of sp³-hybridized carbons (Fsp3) is 0.167. The number of esters is 2. The molecule has 0 fully saturated rings. The number of carbonyl (C=O) groups excluding carboxylic acids is 2. The Morgan fingerprint density at radius 1 is 0.667 bits per heavy atom. The summed E-state index contributed by atoms with van der Waals surface area (Å²) in [5.41, 5.74) is -0.514. The maximum Gasteiger partial charge on any atom is 0.342 e. The van der Waals surface area contributed by atoms with E-state index in [0.717, 1.165) is 0 Å². The third-order valence-electron chi connectivity index (χ3n) is 4.62. The molecule has 3 aromatic carbocycles. The third kappa shape index (κ3) is 6.11. The maximum absolute atomic E-state index is 12.7. The van der Waals surface area contributed by atoms with Crippen LogP contribution in [0, 0.1) is 20.2 Å². The largest absolute Gasteiger partial charge is 0.462 e. The highest BCUT2D eigenvalue weighted by Crippen LogP contribution is 2.36. The summed E-state index contributed by atoms with van der Waals surface area (Å²) >= 11 is 0. The quantitative estimate of drug-likeness (QED) is 0.201. The number of ether oxygens (including phenoxy) is 4. The number of rotatable bonds is 10. The van der Waals surface area contributed by atoms with E-state index in [-0.39, 0.29) is 58.7 Å². The first-order valence-corrected chi connectivity index (χ1v) is 10.6. The van der Waals surface area contributed by atoms with Crippen LogP contribution in [0.15, 0.2) is 60.7 Å². The lowest BCUT2D eigenvalue weighted by Crippen LogP contribution is -2.11. The molecule has 0 unspecified atom stereocenters. The van der Waals surface area contributed by atoms with Crippen LogP contribution in [0.4, 0.5) is 11.4 Å². The lowest BCUT2D eigenvalue weighted by Gasteiger charge is -2.16.